The molecule has 0 bridgehead atoms. The molecular formula is C18H25NO. The minimum absolute atomic E-state index is 0.515. The Morgan fingerprint density at radius 2 is 1.85 bits per heavy atom. The van der Waals surface area contributed by atoms with Gasteiger partial charge in [0.2, 0.25) is 0 Å². The molecule has 0 saturated carbocycles. The molecule has 0 aromatic heterocycles. The third kappa shape index (κ3) is 7.57. The molecule has 0 atom stereocenters. The summed E-state index contributed by atoms with van der Waals surface area (Å²) >= 11 is 0. The van der Waals surface area contributed by atoms with Crippen molar-refractivity contribution in [1.82, 2.24) is 0 Å². The van der Waals surface area contributed by atoms with Crippen molar-refractivity contribution in [3.8, 4) is 0 Å². The van der Waals surface area contributed by atoms with E-state index in [0.717, 1.165) is 18.4 Å². The summed E-state index contributed by atoms with van der Waals surface area (Å²) in [6.45, 7) is 8.96. The molecule has 0 fully saturated rings. The Kier molecular flexibility index (Phi) is 7.41. The highest BCUT2D eigenvalue weighted by molar-refractivity contribution is 5.71. The fraction of sp³-hybridized carbons (Fsp3) is 0.389. The molecule has 2 nitrogen and oxygen atoms in total. The average Bonchev–Trinajstić information content (AvgIpc) is 2.40. The van der Waals surface area contributed by atoms with E-state index in [4.69, 9.17) is 4.84 Å². The van der Waals surface area contributed by atoms with Gasteiger partial charge in [0, 0.05) is 0 Å². The fourth-order valence-electron chi connectivity index (χ4n) is 1.67. The van der Waals surface area contributed by atoms with Gasteiger partial charge in [-0.05, 0) is 52.2 Å². The number of hydrogen-bond acceptors (Lipinski definition) is 2. The van der Waals surface area contributed by atoms with Crippen molar-refractivity contribution in [3.63, 3.8) is 0 Å². The zero-order valence-corrected chi connectivity index (χ0v) is 13.0. The van der Waals surface area contributed by atoms with E-state index in [9.17, 15) is 0 Å². The van der Waals surface area contributed by atoms with Gasteiger partial charge in [0.15, 0.2) is 0 Å². The van der Waals surface area contributed by atoms with Crippen molar-refractivity contribution in [2.45, 2.75) is 47.1 Å². The normalized spacial score (nSPS) is 11.7. The number of nitrogens with zero attached hydrogens (tertiary/aromatic N) is 1. The number of oxime groups is 1. The SMILES string of the molecule is CC(C)=CCC/C(C)=C/C=N/OCc1ccc(C)cc1. The van der Waals surface area contributed by atoms with Crippen LogP contribution < -0.4 is 0 Å². The molecule has 108 valence electrons. The van der Waals surface area contributed by atoms with E-state index in [1.807, 2.05) is 6.08 Å². The Bertz CT molecular complexity index is 477. The van der Waals surface area contributed by atoms with Crippen LogP contribution in [0.4, 0.5) is 0 Å². The van der Waals surface area contributed by atoms with Crippen LogP contribution in [0.5, 0.6) is 0 Å². The van der Waals surface area contributed by atoms with E-state index < -0.39 is 0 Å². The molecule has 0 unspecified atom stereocenters. The molecule has 1 aromatic carbocycles. The summed E-state index contributed by atoms with van der Waals surface area (Å²) in [5.41, 5.74) is 5.07. The Morgan fingerprint density at radius 3 is 2.50 bits per heavy atom. The quantitative estimate of drug-likeness (QED) is 0.380. The maximum absolute atomic E-state index is 5.27. The van der Waals surface area contributed by atoms with E-state index in [0.29, 0.717) is 6.61 Å². The van der Waals surface area contributed by atoms with Gasteiger partial charge in [0.05, 0.1) is 6.21 Å². The van der Waals surface area contributed by atoms with Crippen molar-refractivity contribution < 1.29 is 4.84 Å². The van der Waals surface area contributed by atoms with Crippen LogP contribution in [0.15, 0.2) is 52.7 Å². The predicted molar refractivity (Wildman–Crippen MR) is 86.9 cm³/mol. The lowest BCUT2D eigenvalue weighted by Crippen LogP contribution is -1.87. The first-order valence-electron chi connectivity index (χ1n) is 7.08. The van der Waals surface area contributed by atoms with Gasteiger partial charge in [-0.1, -0.05) is 52.2 Å². The zero-order chi connectivity index (χ0) is 14.8. The second-order valence-corrected chi connectivity index (χ2v) is 5.35. The minimum atomic E-state index is 0.515. The lowest BCUT2D eigenvalue weighted by atomic mass is 10.1. The first-order chi connectivity index (χ1) is 9.58. The number of rotatable bonds is 7. The second-order valence-electron chi connectivity index (χ2n) is 5.35. The predicted octanol–water partition coefficient (Wildman–Crippen LogP) is 5.19. The van der Waals surface area contributed by atoms with E-state index in [1.54, 1.807) is 6.21 Å². The molecule has 0 amide bonds. The van der Waals surface area contributed by atoms with Gasteiger partial charge in [-0.3, -0.25) is 0 Å². The monoisotopic (exact) mass is 271 g/mol. The highest BCUT2D eigenvalue weighted by atomic mass is 16.6. The van der Waals surface area contributed by atoms with E-state index in [2.05, 4.69) is 63.2 Å². The molecule has 0 heterocycles. The summed E-state index contributed by atoms with van der Waals surface area (Å²) in [6.07, 6.45) is 8.14. The first kappa shape index (κ1) is 16.2. The van der Waals surface area contributed by atoms with E-state index >= 15 is 0 Å². The molecule has 0 aliphatic heterocycles. The molecule has 0 saturated heterocycles. The van der Waals surface area contributed by atoms with Gasteiger partial charge < -0.3 is 4.84 Å². The van der Waals surface area contributed by atoms with Gasteiger partial charge >= 0.3 is 0 Å². The average molecular weight is 271 g/mol. The number of aryl methyl sites for hydroxylation is 1. The van der Waals surface area contributed by atoms with Gasteiger partial charge in [0.25, 0.3) is 0 Å². The Labute approximate surface area is 122 Å². The van der Waals surface area contributed by atoms with Crippen molar-refractivity contribution in [3.05, 3.63) is 58.7 Å². The summed E-state index contributed by atoms with van der Waals surface area (Å²) in [5, 5.41) is 3.96. The Balaban J connectivity index is 2.27. The highest BCUT2D eigenvalue weighted by Gasteiger charge is 1.91. The third-order valence-electron chi connectivity index (χ3n) is 2.94. The molecule has 1 aromatic rings. The van der Waals surface area contributed by atoms with Crippen LogP contribution in [-0.4, -0.2) is 6.21 Å². The number of benzene rings is 1. The number of hydrogen-bond donors (Lipinski definition) is 0. The fourth-order valence-corrected chi connectivity index (χ4v) is 1.67. The molecule has 0 aliphatic carbocycles. The van der Waals surface area contributed by atoms with Gasteiger partial charge in [-0.2, -0.15) is 0 Å². The molecular weight excluding hydrogens is 246 g/mol. The lowest BCUT2D eigenvalue weighted by Gasteiger charge is -2.00. The third-order valence-corrected chi connectivity index (χ3v) is 2.94. The van der Waals surface area contributed by atoms with Crippen LogP contribution >= 0.6 is 0 Å². The molecule has 0 radical (unpaired) electrons. The standard InChI is InChI=1S/C18H25NO/c1-15(2)6-5-7-16(3)12-13-19-20-14-18-10-8-17(4)9-11-18/h6,8-13H,5,7,14H2,1-4H3/b16-12+,19-13+. The topological polar surface area (TPSA) is 21.6 Å². The van der Waals surface area contributed by atoms with Gasteiger partial charge in [0.1, 0.15) is 6.61 Å². The molecule has 20 heavy (non-hydrogen) atoms. The molecule has 2 heteroatoms. The zero-order valence-electron chi connectivity index (χ0n) is 13.0. The molecule has 0 spiro atoms. The Hall–Kier alpha value is -1.83. The summed E-state index contributed by atoms with van der Waals surface area (Å²) in [5.74, 6) is 0. The summed E-state index contributed by atoms with van der Waals surface area (Å²) in [7, 11) is 0. The van der Waals surface area contributed by atoms with Gasteiger partial charge in [-0.25, -0.2) is 0 Å². The molecule has 0 N–H and O–H groups in total. The maximum atomic E-state index is 5.27. The van der Waals surface area contributed by atoms with Crippen molar-refractivity contribution in [2.24, 2.45) is 5.16 Å². The van der Waals surface area contributed by atoms with Crippen LogP contribution in [0.25, 0.3) is 0 Å². The first-order valence-corrected chi connectivity index (χ1v) is 7.08. The molecule has 1 rings (SSSR count). The van der Waals surface area contributed by atoms with Gasteiger partial charge in [-0.15, -0.1) is 0 Å². The minimum Gasteiger partial charge on any atom is -0.391 e. The van der Waals surface area contributed by atoms with Crippen molar-refractivity contribution >= 4 is 6.21 Å². The summed E-state index contributed by atoms with van der Waals surface area (Å²) in [6, 6.07) is 8.28. The number of allylic oxidation sites excluding steroid dienone is 4. The lowest BCUT2D eigenvalue weighted by molar-refractivity contribution is 0.132. The maximum Gasteiger partial charge on any atom is 0.142 e. The smallest absolute Gasteiger partial charge is 0.142 e. The molecule has 0 aliphatic rings. The van der Waals surface area contributed by atoms with Crippen LogP contribution in [-0.2, 0) is 11.4 Å². The van der Waals surface area contributed by atoms with E-state index in [1.165, 1.54) is 16.7 Å². The van der Waals surface area contributed by atoms with Crippen LogP contribution in [0.1, 0.15) is 44.7 Å². The van der Waals surface area contributed by atoms with Crippen molar-refractivity contribution in [1.29, 1.82) is 0 Å². The van der Waals surface area contributed by atoms with E-state index in [-0.39, 0.29) is 0 Å². The van der Waals surface area contributed by atoms with Crippen molar-refractivity contribution in [2.75, 3.05) is 0 Å². The summed E-state index contributed by atoms with van der Waals surface area (Å²) in [4.78, 5) is 5.27. The second kappa shape index (κ2) is 9.13. The van der Waals surface area contributed by atoms with Crippen LogP contribution in [0.2, 0.25) is 0 Å². The van der Waals surface area contributed by atoms with Crippen LogP contribution in [0.3, 0.4) is 0 Å². The Morgan fingerprint density at radius 1 is 1.15 bits per heavy atom. The highest BCUT2D eigenvalue weighted by Crippen LogP contribution is 2.06. The largest absolute Gasteiger partial charge is 0.391 e. The van der Waals surface area contributed by atoms with Crippen LogP contribution in [0, 0.1) is 6.92 Å². The summed E-state index contributed by atoms with van der Waals surface area (Å²) < 4.78 is 0.